The fraction of sp³-hybridized carbons (Fsp3) is 0. The zero-order chi connectivity index (χ0) is 0. The Morgan fingerprint density at radius 3 is 0.182 bits per heavy atom. The maximum absolute atomic E-state index is 0. The van der Waals surface area contributed by atoms with Gasteiger partial charge in [-0.3, -0.25) is 0 Å². The smallest absolute Gasteiger partial charge is 0 e. The third-order valence-corrected chi connectivity index (χ3v) is 0. The van der Waals surface area contributed by atoms with Crippen LogP contribution in [0.3, 0.4) is 0 Å². The minimum atomic E-state index is 0. The van der Waals surface area contributed by atoms with E-state index in [-0.39, 0.29) is 133 Å². The van der Waals surface area contributed by atoms with Crippen LogP contribution >= 0.6 is 0 Å². The van der Waals surface area contributed by atoms with Gasteiger partial charge in [0.1, 0.15) is 0 Å². The van der Waals surface area contributed by atoms with Gasteiger partial charge in [0.25, 0.3) is 0 Å². The molecule has 11 heteroatoms. The molecule has 0 fully saturated rings. The van der Waals surface area contributed by atoms with Gasteiger partial charge in [-0.25, -0.2) is 0 Å². The largest absolute Gasteiger partial charge is 2.00 e. The predicted octanol–water partition coefficient (Wildman–Crippen LogP) is -1.07. The van der Waals surface area contributed by atoms with E-state index in [9.17, 15) is 0 Å². The minimum absolute atomic E-state index is 0. The first-order chi connectivity index (χ1) is 0. The molecule has 0 aliphatic rings. The van der Waals surface area contributed by atoms with Crippen molar-refractivity contribution in [1.29, 1.82) is 0 Å². The van der Waals surface area contributed by atoms with Crippen LogP contribution in [-0.2, 0) is 49.3 Å². The molecular formula is Ce2O9-18. The van der Waals surface area contributed by atoms with E-state index >= 15 is 0 Å². The zero-order valence-corrected chi connectivity index (χ0v) is 11.0. The fourth-order valence-corrected chi connectivity index (χ4v) is 0. The molecule has 0 atom stereocenters. The van der Waals surface area contributed by atoms with E-state index in [0.717, 1.165) is 0 Å². The summed E-state index contributed by atoms with van der Waals surface area (Å²) >= 11 is 0. The van der Waals surface area contributed by atoms with Gasteiger partial charge in [0, 0.05) is 83.5 Å². The summed E-state index contributed by atoms with van der Waals surface area (Å²) in [5.41, 5.74) is 0. The van der Waals surface area contributed by atoms with Gasteiger partial charge in [-0.05, 0) is 0 Å². The maximum atomic E-state index is 0. The predicted molar refractivity (Wildman–Crippen MR) is 6.18 cm³/mol. The third-order valence-electron chi connectivity index (χ3n) is 0. The molecule has 0 saturated carbocycles. The van der Waals surface area contributed by atoms with E-state index in [1.54, 1.807) is 0 Å². The van der Waals surface area contributed by atoms with Gasteiger partial charge < -0.3 is 49.3 Å². The van der Waals surface area contributed by atoms with Crippen LogP contribution in [0.25, 0.3) is 0 Å². The van der Waals surface area contributed by atoms with Crippen LogP contribution in [0.1, 0.15) is 0 Å². The molecule has 0 aliphatic heterocycles. The van der Waals surface area contributed by atoms with Gasteiger partial charge >= 0.3 is 0 Å². The van der Waals surface area contributed by atoms with Crippen molar-refractivity contribution < 1.29 is 133 Å². The molecule has 0 aromatic rings. The van der Waals surface area contributed by atoms with Gasteiger partial charge in [0.05, 0.1) is 0 Å². The van der Waals surface area contributed by atoms with E-state index in [1.165, 1.54) is 0 Å². The summed E-state index contributed by atoms with van der Waals surface area (Å²) in [6, 6.07) is 0. The Kier molecular flexibility index (Phi) is 9170. The molecule has 0 aliphatic carbocycles. The standard InChI is InChI=1S/2Ce.9O/q;;9*-2. The first-order valence-electron chi connectivity index (χ1n) is 0. The summed E-state index contributed by atoms with van der Waals surface area (Å²) in [5.74, 6) is 0. The SMILES string of the molecule is [Ce].[Ce].[O-2].[O-2].[O-2].[O-2].[O-2].[O-2].[O-2].[O-2].[O-2]. The van der Waals surface area contributed by atoms with Crippen molar-refractivity contribution in [3.63, 3.8) is 0 Å². The quantitative estimate of drug-likeness (QED) is 0.450. The molecule has 0 unspecified atom stereocenters. The summed E-state index contributed by atoms with van der Waals surface area (Å²) in [6.07, 6.45) is 0. The zero-order valence-electron chi connectivity index (χ0n) is 4.67. The van der Waals surface area contributed by atoms with Crippen molar-refractivity contribution in [2.24, 2.45) is 0 Å². The Hall–Kier alpha value is 2.39. The first kappa shape index (κ1) is 359. The molecule has 0 spiro atoms. The van der Waals surface area contributed by atoms with Crippen molar-refractivity contribution in [3.05, 3.63) is 0 Å². The average Bonchev–Trinajstić information content (AvgIpc) is 0. The molecule has 0 saturated heterocycles. The number of rotatable bonds is 0. The second-order valence-corrected chi connectivity index (χ2v) is 0. The Labute approximate surface area is 130 Å². The molecule has 0 heterocycles. The van der Waals surface area contributed by atoms with E-state index in [2.05, 4.69) is 0 Å². The van der Waals surface area contributed by atoms with Crippen LogP contribution in [0.4, 0.5) is 0 Å². The monoisotopic (exact) mass is 424 g/mol. The van der Waals surface area contributed by atoms with Crippen LogP contribution in [0.2, 0.25) is 0 Å². The summed E-state index contributed by atoms with van der Waals surface area (Å²) in [7, 11) is 0. The molecule has 0 aromatic heterocycles. The minimum Gasteiger partial charge on any atom is -2.00 e. The fourth-order valence-electron chi connectivity index (χ4n) is 0. The van der Waals surface area contributed by atoms with Gasteiger partial charge in [0.2, 0.25) is 0 Å². The number of hydrogen-bond acceptors (Lipinski definition) is 0. The molecule has 0 rings (SSSR count). The Bertz CT molecular complexity index is 7.52. The second-order valence-electron chi connectivity index (χ2n) is 0. The van der Waals surface area contributed by atoms with Gasteiger partial charge in [-0.1, -0.05) is 0 Å². The topological polar surface area (TPSA) is 256 Å². The average molecular weight is 424 g/mol. The maximum Gasteiger partial charge on any atom is 0 e. The molecule has 9 nitrogen and oxygen atoms in total. The number of hydrogen-bond donors (Lipinski definition) is 0. The van der Waals surface area contributed by atoms with Gasteiger partial charge in [-0.15, -0.1) is 0 Å². The molecule has 11 heavy (non-hydrogen) atoms. The summed E-state index contributed by atoms with van der Waals surface area (Å²) in [6.45, 7) is 0. The summed E-state index contributed by atoms with van der Waals surface area (Å²) < 4.78 is 0. The summed E-state index contributed by atoms with van der Waals surface area (Å²) in [5, 5.41) is 0. The summed E-state index contributed by atoms with van der Waals surface area (Å²) in [4.78, 5) is 0. The van der Waals surface area contributed by atoms with E-state index < -0.39 is 0 Å². The normalized spacial score (nSPS) is 0. The van der Waals surface area contributed by atoms with Crippen LogP contribution in [0.15, 0.2) is 0 Å². The second kappa shape index (κ2) is 281. The Morgan fingerprint density at radius 1 is 0.182 bits per heavy atom. The van der Waals surface area contributed by atoms with Crippen molar-refractivity contribution in [3.8, 4) is 0 Å². The molecule has 0 N–H and O–H groups in total. The van der Waals surface area contributed by atoms with Gasteiger partial charge in [-0.2, -0.15) is 0 Å². The molecule has 0 amide bonds. The van der Waals surface area contributed by atoms with Crippen LogP contribution in [0, 0.1) is 83.5 Å². The Balaban J connectivity index is 0. The van der Waals surface area contributed by atoms with E-state index in [0.29, 0.717) is 0 Å². The van der Waals surface area contributed by atoms with E-state index in [4.69, 9.17) is 0 Å². The third kappa shape index (κ3) is 234. The van der Waals surface area contributed by atoms with E-state index in [1.807, 2.05) is 0 Å². The van der Waals surface area contributed by atoms with Crippen LogP contribution in [-0.4, -0.2) is 0 Å². The van der Waals surface area contributed by atoms with Crippen molar-refractivity contribution >= 4 is 0 Å². The van der Waals surface area contributed by atoms with Crippen molar-refractivity contribution in [2.75, 3.05) is 0 Å². The Morgan fingerprint density at radius 2 is 0.182 bits per heavy atom. The molecule has 0 radical (unpaired) electrons. The van der Waals surface area contributed by atoms with Crippen molar-refractivity contribution in [1.82, 2.24) is 0 Å². The molecule has 0 aromatic carbocycles. The first-order valence-corrected chi connectivity index (χ1v) is 0. The van der Waals surface area contributed by atoms with Crippen LogP contribution < -0.4 is 0 Å². The van der Waals surface area contributed by atoms with Crippen molar-refractivity contribution in [2.45, 2.75) is 0 Å². The molecule has 80 valence electrons. The molecule has 0 bridgehead atoms. The molecular weight excluding hydrogens is 424 g/mol. The van der Waals surface area contributed by atoms with Gasteiger partial charge in [0.15, 0.2) is 0 Å². The van der Waals surface area contributed by atoms with Crippen LogP contribution in [0.5, 0.6) is 0 Å².